The Labute approximate surface area is 108 Å². The van der Waals surface area contributed by atoms with Crippen molar-refractivity contribution >= 4 is 0 Å². The second-order valence-electron chi connectivity index (χ2n) is 5.19. The van der Waals surface area contributed by atoms with Crippen molar-refractivity contribution in [2.45, 2.75) is 31.4 Å². The predicted octanol–water partition coefficient (Wildman–Crippen LogP) is 1.02. The molecule has 0 fully saturated rings. The molecule has 1 aromatic carbocycles. The number of hydrogen-bond donors (Lipinski definition) is 3. The minimum Gasteiger partial charge on any atom is -0.497 e. The zero-order chi connectivity index (χ0) is 13.2. The fourth-order valence-corrected chi connectivity index (χ4v) is 2.32. The van der Waals surface area contributed by atoms with E-state index in [0.29, 0.717) is 6.54 Å². The molecule has 0 radical (unpaired) electrons. The van der Waals surface area contributed by atoms with Gasteiger partial charge in [0.1, 0.15) is 5.75 Å². The van der Waals surface area contributed by atoms with Crippen molar-refractivity contribution in [3.63, 3.8) is 0 Å². The average molecular weight is 251 g/mol. The van der Waals surface area contributed by atoms with Gasteiger partial charge in [-0.25, -0.2) is 0 Å². The lowest BCUT2D eigenvalue weighted by molar-refractivity contribution is 0.000714. The second-order valence-corrected chi connectivity index (χ2v) is 5.19. The Morgan fingerprint density at radius 2 is 2.28 bits per heavy atom. The molecule has 0 aliphatic heterocycles. The van der Waals surface area contributed by atoms with Crippen LogP contribution in [0, 0.1) is 0 Å². The van der Waals surface area contributed by atoms with Crippen LogP contribution in [0.5, 0.6) is 5.75 Å². The number of benzene rings is 1. The summed E-state index contributed by atoms with van der Waals surface area (Å²) in [5.41, 5.74) is 1.50. The van der Waals surface area contributed by atoms with Crippen LogP contribution in [0.25, 0.3) is 0 Å². The highest BCUT2D eigenvalue weighted by Crippen LogP contribution is 2.33. The third kappa shape index (κ3) is 2.83. The molecule has 1 aliphatic carbocycles. The first-order valence-electron chi connectivity index (χ1n) is 6.29. The topological polar surface area (TPSA) is 61.7 Å². The molecular formula is C14H21NO3. The molecule has 1 aromatic rings. The summed E-state index contributed by atoms with van der Waals surface area (Å²) in [6.07, 6.45) is 2.06. The number of hydrogen-bond acceptors (Lipinski definition) is 4. The van der Waals surface area contributed by atoms with Crippen molar-refractivity contribution in [1.29, 1.82) is 0 Å². The molecule has 0 heterocycles. The Bertz CT molecular complexity index is 418. The minimum absolute atomic E-state index is 0.230. The Balaban J connectivity index is 2.06. The van der Waals surface area contributed by atoms with Crippen molar-refractivity contribution in [1.82, 2.24) is 5.32 Å². The van der Waals surface area contributed by atoms with Crippen LogP contribution < -0.4 is 10.1 Å². The summed E-state index contributed by atoms with van der Waals surface area (Å²) in [6.45, 7) is 1.77. The van der Waals surface area contributed by atoms with Gasteiger partial charge >= 0.3 is 0 Å². The summed E-state index contributed by atoms with van der Waals surface area (Å²) < 4.78 is 5.24. The van der Waals surface area contributed by atoms with Gasteiger partial charge in [-0.2, -0.15) is 0 Å². The van der Waals surface area contributed by atoms with Crippen LogP contribution >= 0.6 is 0 Å². The standard InChI is InChI=1S/C14H21NO3/c1-14(17,9-16)8-15-13-6-4-10-3-5-11(18-2)7-12(10)13/h3,5,7,13,15-17H,4,6,8-9H2,1-2H3. The van der Waals surface area contributed by atoms with Crippen molar-refractivity contribution < 1.29 is 14.9 Å². The van der Waals surface area contributed by atoms with Crippen LogP contribution in [0.15, 0.2) is 18.2 Å². The first-order chi connectivity index (χ1) is 8.55. The number of methoxy groups -OCH3 is 1. The van der Waals surface area contributed by atoms with E-state index in [0.717, 1.165) is 18.6 Å². The summed E-state index contributed by atoms with van der Waals surface area (Å²) in [7, 11) is 1.66. The number of fused-ring (bicyclic) bond motifs is 1. The lowest BCUT2D eigenvalue weighted by Gasteiger charge is -2.24. The average Bonchev–Trinajstić information content (AvgIpc) is 2.78. The third-order valence-electron chi connectivity index (χ3n) is 3.50. The van der Waals surface area contributed by atoms with E-state index in [2.05, 4.69) is 11.4 Å². The highest BCUT2D eigenvalue weighted by atomic mass is 16.5. The van der Waals surface area contributed by atoms with E-state index in [1.54, 1.807) is 14.0 Å². The largest absolute Gasteiger partial charge is 0.497 e. The lowest BCUT2D eigenvalue weighted by Crippen LogP contribution is -2.41. The van der Waals surface area contributed by atoms with Gasteiger partial charge in [0.2, 0.25) is 0 Å². The number of nitrogens with one attached hydrogen (secondary N) is 1. The van der Waals surface area contributed by atoms with E-state index in [9.17, 15) is 5.11 Å². The molecule has 0 aromatic heterocycles. The second kappa shape index (κ2) is 5.26. The summed E-state index contributed by atoms with van der Waals surface area (Å²) in [4.78, 5) is 0. The van der Waals surface area contributed by atoms with E-state index in [1.165, 1.54) is 11.1 Å². The van der Waals surface area contributed by atoms with Gasteiger partial charge in [-0.15, -0.1) is 0 Å². The fourth-order valence-electron chi connectivity index (χ4n) is 2.32. The van der Waals surface area contributed by atoms with Gasteiger partial charge in [0.05, 0.1) is 19.3 Å². The molecule has 2 unspecified atom stereocenters. The van der Waals surface area contributed by atoms with E-state index < -0.39 is 5.60 Å². The van der Waals surface area contributed by atoms with Crippen molar-refractivity contribution in [3.8, 4) is 5.75 Å². The van der Waals surface area contributed by atoms with E-state index in [1.807, 2.05) is 12.1 Å². The Morgan fingerprint density at radius 1 is 1.50 bits per heavy atom. The highest BCUT2D eigenvalue weighted by Gasteiger charge is 2.26. The molecule has 2 atom stereocenters. The van der Waals surface area contributed by atoms with Gasteiger partial charge in [0.15, 0.2) is 0 Å². The van der Waals surface area contributed by atoms with Gasteiger partial charge in [-0.05, 0) is 43.0 Å². The molecule has 0 saturated heterocycles. The Morgan fingerprint density at radius 3 is 2.94 bits per heavy atom. The molecule has 0 saturated carbocycles. The fraction of sp³-hybridized carbons (Fsp3) is 0.571. The predicted molar refractivity (Wildman–Crippen MR) is 69.8 cm³/mol. The smallest absolute Gasteiger partial charge is 0.119 e. The number of ether oxygens (including phenoxy) is 1. The summed E-state index contributed by atoms with van der Waals surface area (Å²) >= 11 is 0. The van der Waals surface area contributed by atoms with Gasteiger partial charge < -0.3 is 20.3 Å². The third-order valence-corrected chi connectivity index (χ3v) is 3.50. The summed E-state index contributed by atoms with van der Waals surface area (Å²) in [6, 6.07) is 6.35. The molecule has 0 amide bonds. The monoisotopic (exact) mass is 251 g/mol. The van der Waals surface area contributed by atoms with E-state index in [4.69, 9.17) is 9.84 Å². The number of aryl methyl sites for hydroxylation is 1. The van der Waals surface area contributed by atoms with Crippen molar-refractivity contribution in [2.24, 2.45) is 0 Å². The van der Waals surface area contributed by atoms with Gasteiger partial charge in [0.25, 0.3) is 0 Å². The molecule has 2 rings (SSSR count). The number of aliphatic hydroxyl groups excluding tert-OH is 1. The van der Waals surface area contributed by atoms with E-state index >= 15 is 0 Å². The molecule has 3 N–H and O–H groups in total. The number of rotatable bonds is 5. The van der Waals surface area contributed by atoms with Crippen molar-refractivity contribution in [2.75, 3.05) is 20.3 Å². The van der Waals surface area contributed by atoms with Crippen molar-refractivity contribution in [3.05, 3.63) is 29.3 Å². The minimum atomic E-state index is -1.07. The zero-order valence-electron chi connectivity index (χ0n) is 10.9. The maximum atomic E-state index is 9.80. The summed E-state index contributed by atoms with van der Waals surface area (Å²) in [5.74, 6) is 0.858. The maximum absolute atomic E-state index is 9.80. The van der Waals surface area contributed by atoms with Crippen LogP contribution in [0.4, 0.5) is 0 Å². The SMILES string of the molecule is COc1ccc2c(c1)C(NCC(C)(O)CO)CC2. The Kier molecular flexibility index (Phi) is 3.90. The molecular weight excluding hydrogens is 230 g/mol. The first kappa shape index (κ1) is 13.3. The van der Waals surface area contributed by atoms with Crippen LogP contribution in [0.2, 0.25) is 0 Å². The molecule has 0 spiro atoms. The normalized spacial score (nSPS) is 21.4. The van der Waals surface area contributed by atoms with Gasteiger partial charge in [0, 0.05) is 12.6 Å². The Hall–Kier alpha value is -1.10. The van der Waals surface area contributed by atoms with Crippen LogP contribution in [-0.2, 0) is 6.42 Å². The molecule has 4 heteroatoms. The molecule has 18 heavy (non-hydrogen) atoms. The molecule has 1 aliphatic rings. The zero-order valence-corrected chi connectivity index (χ0v) is 10.9. The van der Waals surface area contributed by atoms with Crippen LogP contribution in [-0.4, -0.2) is 36.1 Å². The highest BCUT2D eigenvalue weighted by molar-refractivity contribution is 5.40. The van der Waals surface area contributed by atoms with Gasteiger partial charge in [-0.3, -0.25) is 0 Å². The van der Waals surface area contributed by atoms with Crippen LogP contribution in [0.1, 0.15) is 30.5 Å². The molecule has 4 nitrogen and oxygen atoms in total. The maximum Gasteiger partial charge on any atom is 0.119 e. The van der Waals surface area contributed by atoms with Crippen LogP contribution in [0.3, 0.4) is 0 Å². The first-order valence-corrected chi connectivity index (χ1v) is 6.29. The quantitative estimate of drug-likeness (QED) is 0.731. The van der Waals surface area contributed by atoms with E-state index in [-0.39, 0.29) is 12.6 Å². The molecule has 100 valence electrons. The lowest BCUT2D eigenvalue weighted by atomic mass is 10.1. The summed E-state index contributed by atoms with van der Waals surface area (Å²) in [5, 5.41) is 22.1. The molecule has 0 bridgehead atoms. The van der Waals surface area contributed by atoms with Gasteiger partial charge in [-0.1, -0.05) is 6.07 Å². The number of aliphatic hydroxyl groups is 2.